The zero-order chi connectivity index (χ0) is 23.3. The van der Waals surface area contributed by atoms with Gasteiger partial charge in [-0.2, -0.15) is 4.89 Å². The van der Waals surface area contributed by atoms with E-state index >= 15 is 0 Å². The van der Waals surface area contributed by atoms with Crippen molar-refractivity contribution in [1.29, 1.82) is 0 Å². The molecule has 32 heavy (non-hydrogen) atoms. The lowest BCUT2D eigenvalue weighted by atomic mass is 10.0. The second kappa shape index (κ2) is 19.9. The Hall–Kier alpha value is -1.75. The molecule has 0 saturated carbocycles. The van der Waals surface area contributed by atoms with E-state index in [0.29, 0.717) is 18.1 Å². The molecule has 0 heterocycles. The van der Waals surface area contributed by atoms with Crippen LogP contribution in [0.3, 0.4) is 0 Å². The molecule has 0 amide bonds. The van der Waals surface area contributed by atoms with E-state index in [1.54, 1.807) is 18.2 Å². The van der Waals surface area contributed by atoms with E-state index < -0.39 is 5.97 Å². The normalized spacial score (nSPS) is 10.8. The molecule has 0 saturated heterocycles. The number of hydrogen-bond donors (Lipinski definition) is 0. The molecule has 0 aliphatic rings. The molecular formula is C27H45O5. The summed E-state index contributed by atoms with van der Waals surface area (Å²) in [5, 5.41) is 0. The number of ether oxygens (including phenoxy) is 2. The lowest BCUT2D eigenvalue weighted by Crippen LogP contribution is -2.10. The summed E-state index contributed by atoms with van der Waals surface area (Å²) >= 11 is 0. The fourth-order valence-corrected chi connectivity index (χ4v) is 3.83. The average molecular weight is 450 g/mol. The predicted octanol–water partition coefficient (Wildman–Crippen LogP) is 7.87. The Balaban J connectivity index is 1.92. The molecule has 0 bridgehead atoms. The first-order chi connectivity index (χ1) is 15.7. The first kappa shape index (κ1) is 28.3. The van der Waals surface area contributed by atoms with Crippen LogP contribution in [0.5, 0.6) is 11.5 Å². The minimum Gasteiger partial charge on any atom is -0.496 e. The fourth-order valence-electron chi connectivity index (χ4n) is 3.83. The smallest absolute Gasteiger partial charge is 0.380 e. The van der Waals surface area contributed by atoms with Crippen LogP contribution in [0.15, 0.2) is 18.2 Å². The number of rotatable bonds is 21. The Morgan fingerprint density at radius 1 is 0.688 bits per heavy atom. The van der Waals surface area contributed by atoms with Gasteiger partial charge in [0.05, 0.1) is 20.8 Å². The maximum absolute atomic E-state index is 12.3. The molecule has 0 fully saturated rings. The molecule has 0 aromatic heterocycles. The molecule has 1 rings (SSSR count). The summed E-state index contributed by atoms with van der Waals surface area (Å²) in [5.74, 6) is 0.199. The highest BCUT2D eigenvalue weighted by atomic mass is 17.2. The van der Waals surface area contributed by atoms with E-state index in [1.807, 2.05) is 0 Å². The van der Waals surface area contributed by atoms with Crippen molar-refractivity contribution in [3.63, 3.8) is 0 Å². The van der Waals surface area contributed by atoms with Crippen LogP contribution < -0.4 is 9.47 Å². The number of benzene rings is 1. The third kappa shape index (κ3) is 12.9. The zero-order valence-electron chi connectivity index (χ0n) is 20.5. The summed E-state index contributed by atoms with van der Waals surface area (Å²) in [6, 6.07) is 5.13. The summed E-state index contributed by atoms with van der Waals surface area (Å²) in [6.45, 7) is 4.29. The number of unbranched alkanes of at least 4 members (excludes halogenated alkanes) is 15. The molecule has 0 atom stereocenters. The number of carbonyl (C=O) groups is 1. The van der Waals surface area contributed by atoms with E-state index in [9.17, 15) is 4.79 Å². The van der Waals surface area contributed by atoms with E-state index in [0.717, 1.165) is 19.3 Å². The van der Waals surface area contributed by atoms with Crippen molar-refractivity contribution >= 4 is 5.97 Å². The molecule has 5 heteroatoms. The monoisotopic (exact) mass is 449 g/mol. The molecule has 0 unspecified atom stereocenters. The summed E-state index contributed by atoms with van der Waals surface area (Å²) in [7, 11) is 3.00. The number of carbonyl (C=O) groups excluding carboxylic acids is 1. The van der Waals surface area contributed by atoms with Gasteiger partial charge in [0.25, 0.3) is 0 Å². The first-order valence-electron chi connectivity index (χ1n) is 12.6. The molecule has 1 aromatic carbocycles. The Kier molecular flexibility index (Phi) is 17.6. The molecule has 1 radical (unpaired) electrons. The highest BCUT2D eigenvalue weighted by Gasteiger charge is 2.20. The van der Waals surface area contributed by atoms with Crippen LogP contribution in [-0.4, -0.2) is 26.8 Å². The van der Waals surface area contributed by atoms with Gasteiger partial charge in [-0.15, -0.1) is 0 Å². The van der Waals surface area contributed by atoms with Crippen LogP contribution in [0.25, 0.3) is 0 Å². The van der Waals surface area contributed by atoms with Gasteiger partial charge in [-0.3, -0.25) is 4.89 Å². The van der Waals surface area contributed by atoms with E-state index in [2.05, 4.69) is 6.92 Å². The maximum atomic E-state index is 12.3. The van der Waals surface area contributed by atoms with Crippen molar-refractivity contribution < 1.29 is 24.0 Å². The van der Waals surface area contributed by atoms with E-state index in [1.165, 1.54) is 97.7 Å². The SMILES string of the molecule is [CH2]CCCCCCCCCCCCCCCCCOOC(=O)c1c(OC)cccc1OC. The second-order valence-electron chi connectivity index (χ2n) is 8.39. The van der Waals surface area contributed by atoms with Gasteiger partial charge < -0.3 is 9.47 Å². The van der Waals surface area contributed by atoms with Gasteiger partial charge in [-0.05, 0) is 18.6 Å². The molecule has 0 spiro atoms. The molecule has 0 N–H and O–H groups in total. The first-order valence-corrected chi connectivity index (χ1v) is 12.6. The van der Waals surface area contributed by atoms with E-state index in [4.69, 9.17) is 19.2 Å². The Morgan fingerprint density at radius 2 is 1.09 bits per heavy atom. The Bertz CT molecular complexity index is 565. The van der Waals surface area contributed by atoms with Gasteiger partial charge in [-0.25, -0.2) is 4.79 Å². The number of hydrogen-bond acceptors (Lipinski definition) is 5. The molecule has 5 nitrogen and oxygen atoms in total. The predicted molar refractivity (Wildman–Crippen MR) is 130 cm³/mol. The van der Waals surface area contributed by atoms with Gasteiger partial charge in [0.1, 0.15) is 17.1 Å². The van der Waals surface area contributed by atoms with Crippen molar-refractivity contribution in [3.05, 3.63) is 30.7 Å². The zero-order valence-corrected chi connectivity index (χ0v) is 20.5. The number of methoxy groups -OCH3 is 2. The highest BCUT2D eigenvalue weighted by molar-refractivity contribution is 5.95. The van der Waals surface area contributed by atoms with Crippen LogP contribution in [0, 0.1) is 6.92 Å². The van der Waals surface area contributed by atoms with Crippen LogP contribution in [0.2, 0.25) is 0 Å². The quantitative estimate of drug-likeness (QED) is 0.109. The van der Waals surface area contributed by atoms with E-state index in [-0.39, 0.29) is 5.56 Å². The molecular weight excluding hydrogens is 404 g/mol. The molecule has 0 aliphatic heterocycles. The lowest BCUT2D eigenvalue weighted by Gasteiger charge is -2.11. The van der Waals surface area contributed by atoms with Crippen LogP contribution in [0.1, 0.15) is 113 Å². The summed E-state index contributed by atoms with van der Waals surface area (Å²) < 4.78 is 10.4. The van der Waals surface area contributed by atoms with Crippen LogP contribution >= 0.6 is 0 Å². The van der Waals surface area contributed by atoms with Gasteiger partial charge >= 0.3 is 5.97 Å². The third-order valence-electron chi connectivity index (χ3n) is 5.74. The Morgan fingerprint density at radius 3 is 1.50 bits per heavy atom. The average Bonchev–Trinajstić information content (AvgIpc) is 2.82. The summed E-state index contributed by atoms with van der Waals surface area (Å²) in [5.41, 5.74) is 0.238. The van der Waals surface area contributed by atoms with Gasteiger partial charge in [0, 0.05) is 0 Å². The van der Waals surface area contributed by atoms with Crippen LogP contribution in [0.4, 0.5) is 0 Å². The third-order valence-corrected chi connectivity index (χ3v) is 5.74. The van der Waals surface area contributed by atoms with Gasteiger partial charge in [0.15, 0.2) is 0 Å². The minimum absolute atomic E-state index is 0.238. The topological polar surface area (TPSA) is 54.0 Å². The fraction of sp³-hybridized carbons (Fsp3) is 0.704. The van der Waals surface area contributed by atoms with Crippen LogP contribution in [-0.2, 0) is 9.78 Å². The second-order valence-corrected chi connectivity index (χ2v) is 8.39. The molecule has 0 aliphatic carbocycles. The van der Waals surface area contributed by atoms with Crippen molar-refractivity contribution in [2.24, 2.45) is 0 Å². The highest BCUT2D eigenvalue weighted by Crippen LogP contribution is 2.29. The van der Waals surface area contributed by atoms with Gasteiger partial charge in [-0.1, -0.05) is 109 Å². The van der Waals surface area contributed by atoms with Crippen molar-refractivity contribution in [3.8, 4) is 11.5 Å². The summed E-state index contributed by atoms with van der Waals surface area (Å²) in [6.07, 6.45) is 20.6. The largest absolute Gasteiger partial charge is 0.496 e. The molecule has 1 aromatic rings. The van der Waals surface area contributed by atoms with Gasteiger partial charge in [0.2, 0.25) is 0 Å². The van der Waals surface area contributed by atoms with Crippen molar-refractivity contribution in [2.75, 3.05) is 20.8 Å². The van der Waals surface area contributed by atoms with Crippen molar-refractivity contribution in [1.82, 2.24) is 0 Å². The molecule has 183 valence electrons. The lowest BCUT2D eigenvalue weighted by molar-refractivity contribution is -0.241. The maximum Gasteiger partial charge on any atom is 0.380 e. The summed E-state index contributed by atoms with van der Waals surface area (Å²) in [4.78, 5) is 22.3. The Labute approximate surface area is 196 Å². The minimum atomic E-state index is -0.603. The van der Waals surface area contributed by atoms with Crippen molar-refractivity contribution in [2.45, 2.75) is 103 Å². The standard InChI is InChI=1S/C27H45O5/c1-4-5-6-7-8-9-10-11-12-13-14-15-16-17-18-19-23-31-32-27(28)26-24(29-2)21-20-22-25(26)30-3/h20-22H,1,4-19,23H2,2-3H3.